The quantitative estimate of drug-likeness (QED) is 0.638. The van der Waals surface area contributed by atoms with Crippen molar-refractivity contribution >= 4 is 11.6 Å². The second-order valence-electron chi connectivity index (χ2n) is 3.88. The van der Waals surface area contributed by atoms with Crippen molar-refractivity contribution in [1.82, 2.24) is 20.4 Å². The van der Waals surface area contributed by atoms with Gasteiger partial charge in [-0.25, -0.2) is 5.43 Å². The molecule has 6 heteroatoms. The second-order valence-corrected chi connectivity index (χ2v) is 4.32. The topological polar surface area (TPSA) is 68.8 Å². The molecule has 3 N–H and O–H groups in total. The molecule has 0 saturated carbocycles. The third kappa shape index (κ3) is 2.31. The van der Waals surface area contributed by atoms with Crippen molar-refractivity contribution in [2.45, 2.75) is 13.0 Å². The molecule has 0 amide bonds. The number of aromatic nitrogens is 3. The summed E-state index contributed by atoms with van der Waals surface area (Å²) in [5, 5.41) is 8.47. The Morgan fingerprint density at radius 3 is 2.76 bits per heavy atom. The zero-order valence-corrected chi connectivity index (χ0v) is 10.4. The van der Waals surface area contributed by atoms with E-state index in [9.17, 15) is 0 Å². The van der Waals surface area contributed by atoms with Gasteiger partial charge in [0.15, 0.2) is 0 Å². The van der Waals surface area contributed by atoms with Crippen LogP contribution in [0.15, 0.2) is 24.4 Å². The van der Waals surface area contributed by atoms with E-state index in [1.54, 1.807) is 10.9 Å². The lowest BCUT2D eigenvalue weighted by Crippen LogP contribution is -2.30. The maximum atomic E-state index is 5.94. The molecule has 90 valence electrons. The number of hydrogen-bond acceptors (Lipinski definition) is 4. The van der Waals surface area contributed by atoms with E-state index in [2.05, 4.69) is 15.7 Å². The van der Waals surface area contributed by atoms with Gasteiger partial charge >= 0.3 is 0 Å². The van der Waals surface area contributed by atoms with Gasteiger partial charge < -0.3 is 0 Å². The van der Waals surface area contributed by atoms with Gasteiger partial charge in [-0.2, -0.15) is 0 Å². The van der Waals surface area contributed by atoms with Crippen molar-refractivity contribution in [3.8, 4) is 0 Å². The normalized spacial score (nSPS) is 12.7. The molecule has 0 fully saturated rings. The number of aryl methyl sites for hydroxylation is 2. The van der Waals surface area contributed by atoms with Crippen molar-refractivity contribution in [2.24, 2.45) is 12.9 Å². The van der Waals surface area contributed by atoms with Gasteiger partial charge in [-0.1, -0.05) is 22.9 Å². The number of rotatable bonds is 3. The van der Waals surface area contributed by atoms with E-state index in [0.717, 1.165) is 16.8 Å². The van der Waals surface area contributed by atoms with Gasteiger partial charge in [0, 0.05) is 12.1 Å². The lowest BCUT2D eigenvalue weighted by Gasteiger charge is -2.18. The van der Waals surface area contributed by atoms with E-state index in [1.165, 1.54) is 0 Å². The fourth-order valence-electron chi connectivity index (χ4n) is 1.86. The molecule has 0 spiro atoms. The second kappa shape index (κ2) is 4.83. The molecule has 0 bridgehead atoms. The van der Waals surface area contributed by atoms with Crippen LogP contribution in [0, 0.1) is 6.92 Å². The minimum atomic E-state index is -0.146. The summed E-state index contributed by atoms with van der Waals surface area (Å²) in [5.74, 6) is 5.62. The highest BCUT2D eigenvalue weighted by Crippen LogP contribution is 2.25. The highest BCUT2D eigenvalue weighted by atomic mass is 35.5. The van der Waals surface area contributed by atoms with Crippen LogP contribution in [-0.4, -0.2) is 15.0 Å². The standard InChI is InChI=1S/C11H14ClN5/c1-7-5-8(12)3-4-9(7)11(15-13)10-6-14-16-17(10)2/h3-6,11,15H,13H2,1-2H3. The van der Waals surface area contributed by atoms with Crippen LogP contribution in [0.2, 0.25) is 5.02 Å². The van der Waals surface area contributed by atoms with Crippen LogP contribution in [0.5, 0.6) is 0 Å². The summed E-state index contributed by atoms with van der Waals surface area (Å²) in [6.45, 7) is 2.00. The van der Waals surface area contributed by atoms with E-state index in [4.69, 9.17) is 17.4 Å². The molecule has 1 aromatic heterocycles. The van der Waals surface area contributed by atoms with Gasteiger partial charge in [0.25, 0.3) is 0 Å². The van der Waals surface area contributed by atoms with Gasteiger partial charge in [-0.3, -0.25) is 10.5 Å². The minimum Gasteiger partial charge on any atom is -0.271 e. The molecule has 0 aliphatic carbocycles. The Morgan fingerprint density at radius 2 is 2.24 bits per heavy atom. The molecule has 1 heterocycles. The first-order chi connectivity index (χ1) is 8.13. The van der Waals surface area contributed by atoms with Gasteiger partial charge in [-0.15, -0.1) is 5.10 Å². The highest BCUT2D eigenvalue weighted by molar-refractivity contribution is 6.30. The van der Waals surface area contributed by atoms with Crippen molar-refractivity contribution in [1.29, 1.82) is 0 Å². The average Bonchev–Trinajstić information content (AvgIpc) is 2.69. The van der Waals surface area contributed by atoms with E-state index in [1.807, 2.05) is 32.2 Å². The number of halogens is 1. The largest absolute Gasteiger partial charge is 0.271 e. The Kier molecular flexibility index (Phi) is 3.42. The Morgan fingerprint density at radius 1 is 1.47 bits per heavy atom. The third-order valence-corrected chi connectivity index (χ3v) is 2.99. The Labute approximate surface area is 105 Å². The number of hydrazine groups is 1. The molecule has 1 atom stereocenters. The monoisotopic (exact) mass is 251 g/mol. The van der Waals surface area contributed by atoms with E-state index in [0.29, 0.717) is 5.02 Å². The smallest absolute Gasteiger partial charge is 0.0897 e. The molecule has 0 radical (unpaired) electrons. The van der Waals surface area contributed by atoms with Crippen LogP contribution < -0.4 is 11.3 Å². The molecule has 5 nitrogen and oxygen atoms in total. The lowest BCUT2D eigenvalue weighted by atomic mass is 9.99. The van der Waals surface area contributed by atoms with Crippen LogP contribution in [0.4, 0.5) is 0 Å². The predicted molar refractivity (Wildman–Crippen MR) is 66.4 cm³/mol. The summed E-state index contributed by atoms with van der Waals surface area (Å²) < 4.78 is 1.69. The van der Waals surface area contributed by atoms with Gasteiger partial charge in [0.05, 0.1) is 17.9 Å². The zero-order valence-electron chi connectivity index (χ0n) is 9.68. The maximum Gasteiger partial charge on any atom is 0.0897 e. The average molecular weight is 252 g/mol. The molecular weight excluding hydrogens is 238 g/mol. The molecule has 17 heavy (non-hydrogen) atoms. The molecule has 0 aliphatic rings. The van der Waals surface area contributed by atoms with Crippen molar-refractivity contribution in [2.75, 3.05) is 0 Å². The molecule has 2 aromatic rings. The highest BCUT2D eigenvalue weighted by Gasteiger charge is 2.18. The van der Waals surface area contributed by atoms with Crippen LogP contribution in [0.25, 0.3) is 0 Å². The Bertz CT molecular complexity index is 522. The summed E-state index contributed by atoms with van der Waals surface area (Å²) in [5.41, 5.74) is 5.81. The first-order valence-electron chi connectivity index (χ1n) is 5.20. The van der Waals surface area contributed by atoms with E-state index >= 15 is 0 Å². The van der Waals surface area contributed by atoms with Crippen molar-refractivity contribution in [3.63, 3.8) is 0 Å². The first-order valence-corrected chi connectivity index (χ1v) is 5.58. The molecule has 2 rings (SSSR count). The molecule has 0 saturated heterocycles. The van der Waals surface area contributed by atoms with Crippen LogP contribution in [-0.2, 0) is 7.05 Å². The van der Waals surface area contributed by atoms with Crippen molar-refractivity contribution in [3.05, 3.63) is 46.2 Å². The van der Waals surface area contributed by atoms with Gasteiger partial charge in [-0.05, 0) is 30.2 Å². The fourth-order valence-corrected chi connectivity index (χ4v) is 2.08. The van der Waals surface area contributed by atoms with Gasteiger partial charge in [0.1, 0.15) is 0 Å². The molecular formula is C11H14ClN5. The Balaban J connectivity index is 2.46. The van der Waals surface area contributed by atoms with Crippen molar-refractivity contribution < 1.29 is 0 Å². The molecule has 0 aliphatic heterocycles. The summed E-state index contributed by atoms with van der Waals surface area (Å²) in [6, 6.07) is 5.56. The van der Waals surface area contributed by atoms with E-state index in [-0.39, 0.29) is 6.04 Å². The summed E-state index contributed by atoms with van der Waals surface area (Å²) >= 11 is 5.94. The van der Waals surface area contributed by atoms with E-state index < -0.39 is 0 Å². The summed E-state index contributed by atoms with van der Waals surface area (Å²) in [4.78, 5) is 0. The summed E-state index contributed by atoms with van der Waals surface area (Å²) in [7, 11) is 1.83. The number of nitrogens with two attached hydrogens (primary N) is 1. The minimum absolute atomic E-state index is 0.146. The van der Waals surface area contributed by atoms with Gasteiger partial charge in [0.2, 0.25) is 0 Å². The number of benzene rings is 1. The number of nitrogens with one attached hydrogen (secondary N) is 1. The molecule has 1 aromatic carbocycles. The Hall–Kier alpha value is -1.43. The van der Waals surface area contributed by atoms with Crippen LogP contribution in [0.3, 0.4) is 0 Å². The summed E-state index contributed by atoms with van der Waals surface area (Å²) in [6.07, 6.45) is 1.69. The first kappa shape index (κ1) is 12.0. The fraction of sp³-hybridized carbons (Fsp3) is 0.273. The predicted octanol–water partition coefficient (Wildman–Crippen LogP) is 1.33. The maximum absolute atomic E-state index is 5.94. The van der Waals surface area contributed by atoms with Crippen LogP contribution in [0.1, 0.15) is 22.9 Å². The zero-order chi connectivity index (χ0) is 12.4. The number of hydrogen-bond donors (Lipinski definition) is 2. The lowest BCUT2D eigenvalue weighted by molar-refractivity contribution is 0.568. The van der Waals surface area contributed by atoms with Crippen LogP contribution >= 0.6 is 11.6 Å². The number of nitrogens with zero attached hydrogens (tertiary/aromatic N) is 3. The third-order valence-electron chi connectivity index (χ3n) is 2.75. The molecule has 1 unspecified atom stereocenters. The SMILES string of the molecule is Cc1cc(Cl)ccc1C(NN)c1cnnn1C.